The lowest BCUT2D eigenvalue weighted by Crippen LogP contribution is -2.31. The first-order valence-electron chi connectivity index (χ1n) is 14.5. The number of benzene rings is 3. The zero-order chi connectivity index (χ0) is 31.9. The second kappa shape index (κ2) is 15.8. The molecule has 0 radical (unpaired) electrons. The topological polar surface area (TPSA) is 98.0 Å². The molecule has 2 unspecified atom stereocenters. The summed E-state index contributed by atoms with van der Waals surface area (Å²) in [6.07, 6.45) is -2.23. The molecular formula is C34H37ClF3NO6. The molecule has 0 aliphatic carbocycles. The minimum atomic E-state index is -4.34. The standard InChI is InChI=1S/C19H20F3NO2.C15H16O4.ClH/c1-14(12-15-6-5-9-17(13-15)19(20,21)22)23-10-11-25-18(24)16-7-3-2-4-8-16;1-8-3-4-10-12(18-7-8)6-13-14(15(10)17)11(16)5-9(2)19-13;/h2-9,13-14,23H,10-12H2,1H3;5-6,8,17H,3-4,7H2,1-2H3;1H. The number of aromatic hydroxyl groups is 1. The maximum absolute atomic E-state index is 12.7. The van der Waals surface area contributed by atoms with Crippen LogP contribution < -0.4 is 15.5 Å². The van der Waals surface area contributed by atoms with E-state index in [1.807, 2.05) is 13.0 Å². The van der Waals surface area contributed by atoms with Crippen LogP contribution in [0.25, 0.3) is 11.0 Å². The Morgan fingerprint density at radius 3 is 2.56 bits per heavy atom. The van der Waals surface area contributed by atoms with Crippen molar-refractivity contribution < 1.29 is 37.0 Å². The summed E-state index contributed by atoms with van der Waals surface area (Å²) in [5.41, 5.74) is 1.34. The fraction of sp³-hybridized carbons (Fsp3) is 0.353. The summed E-state index contributed by atoms with van der Waals surface area (Å²) in [7, 11) is 0. The zero-order valence-electron chi connectivity index (χ0n) is 25.3. The maximum atomic E-state index is 12.7. The van der Waals surface area contributed by atoms with Crippen molar-refractivity contribution in [2.75, 3.05) is 19.8 Å². The number of aryl methyl sites for hydroxylation is 1. The van der Waals surface area contributed by atoms with E-state index in [4.69, 9.17) is 13.9 Å². The van der Waals surface area contributed by atoms with Crippen molar-refractivity contribution in [3.8, 4) is 11.5 Å². The summed E-state index contributed by atoms with van der Waals surface area (Å²) >= 11 is 0. The molecule has 0 bridgehead atoms. The highest BCUT2D eigenvalue weighted by molar-refractivity contribution is 5.89. The summed E-state index contributed by atoms with van der Waals surface area (Å²) in [6, 6.07) is 17.0. The first kappa shape index (κ1) is 35.5. The van der Waals surface area contributed by atoms with Crippen LogP contribution in [0, 0.1) is 12.8 Å². The molecule has 0 amide bonds. The maximum Gasteiger partial charge on any atom is 0.416 e. The zero-order valence-corrected chi connectivity index (χ0v) is 26.1. The van der Waals surface area contributed by atoms with Crippen LogP contribution in [0.3, 0.4) is 0 Å². The van der Waals surface area contributed by atoms with E-state index in [0.29, 0.717) is 65.7 Å². The van der Waals surface area contributed by atoms with Crippen LogP contribution in [0.5, 0.6) is 11.5 Å². The highest BCUT2D eigenvalue weighted by Crippen LogP contribution is 2.38. The van der Waals surface area contributed by atoms with E-state index < -0.39 is 17.7 Å². The Morgan fingerprint density at radius 2 is 1.84 bits per heavy atom. The van der Waals surface area contributed by atoms with E-state index in [9.17, 15) is 27.9 Å². The molecule has 2 N–H and O–H groups in total. The smallest absolute Gasteiger partial charge is 0.416 e. The average molecular weight is 648 g/mol. The van der Waals surface area contributed by atoms with Crippen molar-refractivity contribution >= 4 is 29.3 Å². The van der Waals surface area contributed by atoms with Gasteiger partial charge in [-0.15, -0.1) is 12.4 Å². The Labute approximate surface area is 265 Å². The second-order valence-corrected chi connectivity index (χ2v) is 11.0. The van der Waals surface area contributed by atoms with Gasteiger partial charge in [0.05, 0.1) is 17.7 Å². The molecule has 3 aromatic carbocycles. The summed E-state index contributed by atoms with van der Waals surface area (Å²) in [6.45, 7) is 6.94. The van der Waals surface area contributed by atoms with E-state index in [1.54, 1.807) is 43.3 Å². The van der Waals surface area contributed by atoms with Crippen LogP contribution in [0.15, 0.2) is 75.9 Å². The highest BCUT2D eigenvalue weighted by Gasteiger charge is 2.30. The lowest BCUT2D eigenvalue weighted by molar-refractivity contribution is -0.137. The van der Waals surface area contributed by atoms with Gasteiger partial charge in [-0.1, -0.05) is 43.3 Å². The van der Waals surface area contributed by atoms with Crippen molar-refractivity contribution in [2.45, 2.75) is 52.3 Å². The fourth-order valence-corrected chi connectivity index (χ4v) is 4.92. The Balaban J connectivity index is 0.000000248. The molecule has 1 aliphatic heterocycles. The molecule has 4 aromatic rings. The third-order valence-corrected chi connectivity index (χ3v) is 7.22. The first-order valence-corrected chi connectivity index (χ1v) is 14.5. The van der Waals surface area contributed by atoms with Crippen LogP contribution in [0.2, 0.25) is 0 Å². The molecule has 11 heteroatoms. The van der Waals surface area contributed by atoms with Gasteiger partial charge in [-0.05, 0) is 62.8 Å². The monoisotopic (exact) mass is 647 g/mol. The number of hydrogen-bond acceptors (Lipinski definition) is 7. The van der Waals surface area contributed by atoms with Gasteiger partial charge >= 0.3 is 12.1 Å². The number of halogens is 4. The number of hydrogen-bond donors (Lipinski definition) is 2. The largest absolute Gasteiger partial charge is 0.507 e. The molecule has 7 nitrogen and oxygen atoms in total. The summed E-state index contributed by atoms with van der Waals surface area (Å²) in [4.78, 5) is 23.8. The first-order chi connectivity index (χ1) is 20.9. The van der Waals surface area contributed by atoms with Crippen LogP contribution in [0.1, 0.15) is 53.1 Å². The Hall–Kier alpha value is -4.02. The van der Waals surface area contributed by atoms with E-state index in [2.05, 4.69) is 12.2 Å². The Morgan fingerprint density at radius 1 is 1.11 bits per heavy atom. The molecule has 0 saturated heterocycles. The van der Waals surface area contributed by atoms with Gasteiger partial charge in [0.15, 0.2) is 5.43 Å². The molecule has 2 heterocycles. The predicted molar refractivity (Wildman–Crippen MR) is 168 cm³/mol. The van der Waals surface area contributed by atoms with E-state index >= 15 is 0 Å². The summed E-state index contributed by atoms with van der Waals surface area (Å²) < 4.78 is 54.5. The molecule has 0 fully saturated rings. The number of carbonyl (C=O) groups is 1. The summed E-state index contributed by atoms with van der Waals surface area (Å²) in [5, 5.41) is 13.7. The van der Waals surface area contributed by atoms with E-state index in [-0.39, 0.29) is 41.6 Å². The Bertz CT molecular complexity index is 1640. The highest BCUT2D eigenvalue weighted by atomic mass is 35.5. The number of nitrogens with one attached hydrogen (secondary N) is 1. The third-order valence-electron chi connectivity index (χ3n) is 7.22. The lowest BCUT2D eigenvalue weighted by Gasteiger charge is -2.15. The van der Waals surface area contributed by atoms with Crippen molar-refractivity contribution in [2.24, 2.45) is 5.92 Å². The molecular weight excluding hydrogens is 611 g/mol. The molecule has 1 aliphatic rings. The predicted octanol–water partition coefficient (Wildman–Crippen LogP) is 7.27. The van der Waals surface area contributed by atoms with Gasteiger partial charge in [-0.2, -0.15) is 13.2 Å². The van der Waals surface area contributed by atoms with Gasteiger partial charge in [-0.3, -0.25) is 4.79 Å². The van der Waals surface area contributed by atoms with Crippen molar-refractivity contribution in [3.05, 3.63) is 105 Å². The van der Waals surface area contributed by atoms with E-state index in [0.717, 1.165) is 18.6 Å². The molecule has 0 spiro atoms. The average Bonchev–Trinajstić information content (AvgIpc) is 3.16. The van der Waals surface area contributed by atoms with Crippen molar-refractivity contribution in [3.63, 3.8) is 0 Å². The molecule has 5 rings (SSSR count). The SMILES string of the molecule is CC(Cc1cccc(C(F)(F)F)c1)NCCOC(=O)c1ccccc1.Cc1cc(=O)c2c(O)c3c(cc2o1)OCC(C)CC3.Cl. The van der Waals surface area contributed by atoms with Gasteiger partial charge in [0, 0.05) is 30.3 Å². The van der Waals surface area contributed by atoms with Crippen LogP contribution in [-0.2, 0) is 23.8 Å². The van der Waals surface area contributed by atoms with Crippen LogP contribution in [-0.4, -0.2) is 36.9 Å². The molecule has 242 valence electrons. The molecule has 0 saturated carbocycles. The second-order valence-electron chi connectivity index (χ2n) is 11.0. The minimum Gasteiger partial charge on any atom is -0.507 e. The number of esters is 1. The Kier molecular flexibility index (Phi) is 12.5. The number of rotatable bonds is 7. The molecule has 45 heavy (non-hydrogen) atoms. The van der Waals surface area contributed by atoms with Gasteiger partial charge in [0.25, 0.3) is 0 Å². The van der Waals surface area contributed by atoms with Gasteiger partial charge in [0.1, 0.15) is 34.8 Å². The van der Waals surface area contributed by atoms with Gasteiger partial charge in [0.2, 0.25) is 0 Å². The normalized spacial score (nSPS) is 14.9. The van der Waals surface area contributed by atoms with Gasteiger partial charge in [-0.25, -0.2) is 4.79 Å². The molecule has 2 atom stereocenters. The number of carbonyl (C=O) groups excluding carboxylic acids is 1. The number of ether oxygens (including phenoxy) is 2. The number of alkyl halides is 3. The minimum absolute atomic E-state index is 0. The van der Waals surface area contributed by atoms with Crippen molar-refractivity contribution in [1.29, 1.82) is 0 Å². The quantitative estimate of drug-likeness (QED) is 0.161. The van der Waals surface area contributed by atoms with Gasteiger partial charge < -0.3 is 24.3 Å². The van der Waals surface area contributed by atoms with Crippen molar-refractivity contribution in [1.82, 2.24) is 5.32 Å². The van der Waals surface area contributed by atoms with Crippen LogP contribution in [0.4, 0.5) is 13.2 Å². The fourth-order valence-electron chi connectivity index (χ4n) is 4.92. The number of phenolic OH excluding ortho intramolecular Hbond substituents is 1. The third kappa shape index (κ3) is 9.73. The molecule has 1 aromatic heterocycles. The summed E-state index contributed by atoms with van der Waals surface area (Å²) in [5.74, 6) is 1.20. The van der Waals surface area contributed by atoms with E-state index in [1.165, 1.54) is 12.1 Å². The van der Waals surface area contributed by atoms with Crippen LogP contribution >= 0.6 is 12.4 Å². The lowest BCUT2D eigenvalue weighted by atomic mass is 10.00. The number of fused-ring (bicyclic) bond motifs is 2. The number of phenols is 1.